The second-order valence-corrected chi connectivity index (χ2v) is 5.70. The number of alkyl halides is 1. The van der Waals surface area contributed by atoms with Crippen molar-refractivity contribution in [3.8, 4) is 0 Å². The summed E-state index contributed by atoms with van der Waals surface area (Å²) in [7, 11) is -4.94. The normalized spacial score (nSPS) is 11.0. The summed E-state index contributed by atoms with van der Waals surface area (Å²) in [6.45, 7) is 2.12. The van der Waals surface area contributed by atoms with Gasteiger partial charge in [0, 0.05) is 30.3 Å². The number of rotatable bonds is 1. The summed E-state index contributed by atoms with van der Waals surface area (Å²) in [4.78, 5) is 1.31. The zero-order chi connectivity index (χ0) is 13.8. The van der Waals surface area contributed by atoms with Gasteiger partial charge in [0.1, 0.15) is 0 Å². The fraction of sp³-hybridized carbons (Fsp3) is 0.182. The van der Waals surface area contributed by atoms with Crippen LogP contribution in [0.2, 0.25) is 0 Å². The van der Waals surface area contributed by atoms with Crippen LogP contribution < -0.4 is 18.6 Å². The first kappa shape index (κ1) is 15.5. The molecular weight excluding hydrogens is 299 g/mol. The van der Waals surface area contributed by atoms with Crippen molar-refractivity contribution in [1.82, 2.24) is 0 Å². The van der Waals surface area contributed by atoms with Crippen LogP contribution in [-0.2, 0) is 5.88 Å². The lowest BCUT2D eigenvalue weighted by atomic mass is 10.1. The molecule has 0 radical (unpaired) electrons. The van der Waals surface area contributed by atoms with Crippen molar-refractivity contribution < 1.29 is 28.9 Å². The van der Waals surface area contributed by atoms with Gasteiger partial charge < -0.3 is 0 Å². The van der Waals surface area contributed by atoms with Crippen molar-refractivity contribution in [1.29, 1.82) is 0 Å². The van der Waals surface area contributed by atoms with Crippen LogP contribution in [0.4, 0.5) is 0 Å². The molecule has 0 spiro atoms. The van der Waals surface area contributed by atoms with Crippen LogP contribution in [0.15, 0.2) is 30.3 Å². The Kier molecular flexibility index (Phi) is 5.68. The topological polar surface area (TPSA) is 92.2 Å². The van der Waals surface area contributed by atoms with Gasteiger partial charge in [-0.3, -0.25) is 0 Å². The molecule has 2 rings (SSSR count). The van der Waals surface area contributed by atoms with Crippen molar-refractivity contribution in [2.75, 3.05) is 0 Å². The third-order valence-electron chi connectivity index (χ3n) is 2.03. The molecule has 0 aliphatic heterocycles. The van der Waals surface area contributed by atoms with Crippen molar-refractivity contribution in [3.63, 3.8) is 0 Å². The Hall–Kier alpha value is -0.530. The average molecular weight is 309 g/mol. The van der Waals surface area contributed by atoms with Gasteiger partial charge in [0.05, 0.1) is 0 Å². The molecule has 0 amide bonds. The molecular formula is C11H10Cl2O4S. The molecule has 1 aromatic carbocycles. The molecule has 2 aromatic rings. The molecule has 0 bridgehead atoms. The van der Waals surface area contributed by atoms with Gasteiger partial charge in [0.25, 0.3) is 0 Å². The number of aryl methyl sites for hydroxylation is 1. The second-order valence-electron chi connectivity index (χ2n) is 3.39. The molecule has 0 aliphatic rings. The standard InChI is InChI=1S/C11H10ClS.ClHO4/c1-8-6-9(7-12)10-4-2-3-5-11(10)13-8;2-1(3,4)5/h2-6H,7H2,1H3;(H,2,3,4,5)/q+1;/p-1. The molecule has 0 atom stereocenters. The molecule has 1 heterocycles. The Morgan fingerprint density at radius 3 is 2.28 bits per heavy atom. The molecule has 0 saturated heterocycles. The molecule has 1 aromatic heterocycles. The average Bonchev–Trinajstić information content (AvgIpc) is 2.25. The Balaban J connectivity index is 0.000000280. The number of halogens is 2. The highest BCUT2D eigenvalue weighted by molar-refractivity contribution is 7.18. The van der Waals surface area contributed by atoms with Gasteiger partial charge in [-0.15, -0.1) is 21.8 Å². The molecule has 0 aliphatic carbocycles. The van der Waals surface area contributed by atoms with E-state index in [4.69, 9.17) is 30.2 Å². The van der Waals surface area contributed by atoms with Gasteiger partial charge >= 0.3 is 0 Å². The van der Waals surface area contributed by atoms with Gasteiger partial charge in [0.15, 0.2) is 0 Å². The van der Waals surface area contributed by atoms with E-state index < -0.39 is 10.2 Å². The molecule has 18 heavy (non-hydrogen) atoms. The predicted molar refractivity (Wildman–Crippen MR) is 60.5 cm³/mol. The highest BCUT2D eigenvalue weighted by atomic mass is 35.7. The summed E-state index contributed by atoms with van der Waals surface area (Å²) in [6.07, 6.45) is 0. The minimum Gasteiger partial charge on any atom is -0.222 e. The molecule has 0 fully saturated rings. The largest absolute Gasteiger partial charge is 0.238 e. The predicted octanol–water partition coefficient (Wildman–Crippen LogP) is -0.526. The minimum absolute atomic E-state index is 0.592. The summed E-state index contributed by atoms with van der Waals surface area (Å²) in [6, 6.07) is 10.6. The van der Waals surface area contributed by atoms with Gasteiger partial charge in [-0.05, 0) is 11.6 Å². The third-order valence-corrected chi connectivity index (χ3v) is 3.33. The minimum atomic E-state index is -4.94. The molecule has 4 nitrogen and oxygen atoms in total. The highest BCUT2D eigenvalue weighted by Crippen LogP contribution is 2.26. The van der Waals surface area contributed by atoms with Crippen LogP contribution in [0.3, 0.4) is 0 Å². The summed E-state index contributed by atoms with van der Waals surface area (Å²) in [5.41, 5.74) is 1.23. The number of hydrogen-bond acceptors (Lipinski definition) is 4. The van der Waals surface area contributed by atoms with E-state index >= 15 is 0 Å². The van der Waals surface area contributed by atoms with E-state index in [9.17, 15) is 0 Å². The van der Waals surface area contributed by atoms with E-state index in [2.05, 4.69) is 37.3 Å². The van der Waals surface area contributed by atoms with E-state index in [1.165, 1.54) is 20.5 Å². The third kappa shape index (κ3) is 5.41. The maximum Gasteiger partial charge on any atom is 0.238 e. The molecule has 98 valence electrons. The maximum absolute atomic E-state index is 8.49. The van der Waals surface area contributed by atoms with Gasteiger partial charge in [-0.2, -0.15) is 0 Å². The lowest BCUT2D eigenvalue weighted by molar-refractivity contribution is -2.00. The Morgan fingerprint density at radius 2 is 1.72 bits per heavy atom. The number of fused-ring (bicyclic) bond motifs is 1. The van der Waals surface area contributed by atoms with E-state index in [0.717, 1.165) is 0 Å². The van der Waals surface area contributed by atoms with Crippen LogP contribution in [0, 0.1) is 17.2 Å². The van der Waals surface area contributed by atoms with Crippen molar-refractivity contribution in [2.24, 2.45) is 0 Å². The number of hydrogen-bond donors (Lipinski definition) is 0. The fourth-order valence-corrected chi connectivity index (χ4v) is 2.68. The summed E-state index contributed by atoms with van der Waals surface area (Å²) < 4.78 is 35.3. The highest BCUT2D eigenvalue weighted by Gasteiger charge is 2.10. The number of benzene rings is 1. The van der Waals surface area contributed by atoms with Gasteiger partial charge in [0.2, 0.25) is 20.9 Å². The monoisotopic (exact) mass is 308 g/mol. The fourth-order valence-electron chi connectivity index (χ4n) is 1.46. The second kappa shape index (κ2) is 6.58. The quantitative estimate of drug-likeness (QED) is 0.523. The zero-order valence-electron chi connectivity index (χ0n) is 9.39. The molecule has 7 heteroatoms. The van der Waals surface area contributed by atoms with Gasteiger partial charge in [-0.25, -0.2) is 18.6 Å². The van der Waals surface area contributed by atoms with Crippen LogP contribution in [-0.4, -0.2) is 0 Å². The van der Waals surface area contributed by atoms with Crippen molar-refractivity contribution in [2.45, 2.75) is 12.8 Å². The van der Waals surface area contributed by atoms with E-state index in [1.807, 2.05) is 11.3 Å². The lowest BCUT2D eigenvalue weighted by Crippen LogP contribution is -2.68. The SMILES string of the molecule is Cc1cc(CCl)c2ccccc2[s+]1.[O-][Cl+3]([O-])([O-])[O-]. The summed E-state index contributed by atoms with van der Waals surface area (Å²) >= 11 is 7.70. The molecule has 0 unspecified atom stereocenters. The summed E-state index contributed by atoms with van der Waals surface area (Å²) in [5, 5.41) is 1.29. The Bertz CT molecular complexity index is 522. The first-order chi connectivity index (χ1) is 8.31. The lowest BCUT2D eigenvalue weighted by Gasteiger charge is -2.17. The van der Waals surface area contributed by atoms with E-state index in [-0.39, 0.29) is 0 Å². The van der Waals surface area contributed by atoms with Crippen LogP contribution >= 0.6 is 22.9 Å². The first-order valence-electron chi connectivity index (χ1n) is 4.80. The van der Waals surface area contributed by atoms with E-state index in [0.29, 0.717) is 5.88 Å². The first-order valence-corrected chi connectivity index (χ1v) is 7.39. The van der Waals surface area contributed by atoms with Crippen molar-refractivity contribution in [3.05, 3.63) is 40.8 Å². The zero-order valence-corrected chi connectivity index (χ0v) is 11.7. The Labute approximate surface area is 115 Å². The maximum atomic E-state index is 8.49. The van der Waals surface area contributed by atoms with Crippen LogP contribution in [0.1, 0.15) is 10.4 Å². The molecule has 0 saturated carbocycles. The van der Waals surface area contributed by atoms with Crippen LogP contribution in [0.5, 0.6) is 0 Å². The van der Waals surface area contributed by atoms with Crippen molar-refractivity contribution >= 4 is 33.0 Å². The summed E-state index contributed by atoms with van der Waals surface area (Å²) in [5.74, 6) is 0.592. The Morgan fingerprint density at radius 1 is 1.17 bits per heavy atom. The van der Waals surface area contributed by atoms with Crippen LogP contribution in [0.25, 0.3) is 10.1 Å². The van der Waals surface area contributed by atoms with E-state index in [1.54, 1.807) is 0 Å². The smallest absolute Gasteiger partial charge is 0.222 e. The van der Waals surface area contributed by atoms with Gasteiger partial charge in [-0.1, -0.05) is 12.1 Å². The molecule has 0 N–H and O–H groups in total.